The lowest BCUT2D eigenvalue weighted by Gasteiger charge is -2.15. The van der Waals surface area contributed by atoms with Crippen molar-refractivity contribution in [2.75, 3.05) is 6.54 Å². The monoisotopic (exact) mass is 1010 g/mol. The number of phenolic OH excluding ortho intramolecular Hbond substituents is 2. The van der Waals surface area contributed by atoms with Crippen molar-refractivity contribution in [2.45, 2.75) is 19.3 Å². The van der Waals surface area contributed by atoms with Gasteiger partial charge in [-0.1, -0.05) is 16.4 Å². The van der Waals surface area contributed by atoms with Gasteiger partial charge in [-0.2, -0.15) is 0 Å². The minimum atomic E-state index is -0.660. The van der Waals surface area contributed by atoms with Crippen molar-refractivity contribution in [3.05, 3.63) is 105 Å². The van der Waals surface area contributed by atoms with Crippen molar-refractivity contribution in [1.82, 2.24) is 10.6 Å². The second kappa shape index (κ2) is 17.1. The van der Waals surface area contributed by atoms with Crippen LogP contribution in [0, 0.1) is 0 Å². The van der Waals surface area contributed by atoms with Gasteiger partial charge in [0.25, 0.3) is 11.8 Å². The molecule has 8 bridgehead atoms. The number of nitrogens with one attached hydrogen (secondary N) is 2. The summed E-state index contributed by atoms with van der Waals surface area (Å²) in [6, 6.07) is 14.8. The summed E-state index contributed by atoms with van der Waals surface area (Å²) in [5.41, 5.74) is 2.12. The Morgan fingerprint density at radius 2 is 1.22 bits per heavy atom. The standard InChI is InChI=1S/C34H25Br5N4O8/c35-20-7-16-1-2-27(20)50-28-15-19(11-22(37)30(28)44)13-26(43-49)34(47)40-5-3-17-9-23(38)32(24(39)10-17)51-29-14-18(8-21(36)31(29)45)4-6-41-33(46)25(12-16)42-48/h1-2,4,6-11,14-15,44-45,48-49H,3,5,12-13H2,(H,40,47)(H,41,46). The van der Waals surface area contributed by atoms with E-state index in [-0.39, 0.29) is 58.3 Å². The van der Waals surface area contributed by atoms with Gasteiger partial charge in [0.05, 0.1) is 22.4 Å². The Labute approximate surface area is 332 Å². The average Bonchev–Trinajstić information content (AvgIpc) is 3.08. The number of rotatable bonds is 0. The van der Waals surface area contributed by atoms with Crippen molar-refractivity contribution in [2.24, 2.45) is 10.3 Å². The largest absolute Gasteiger partial charge is 0.503 e. The highest BCUT2D eigenvalue weighted by atomic mass is 79.9. The minimum absolute atomic E-state index is 0.0437. The summed E-state index contributed by atoms with van der Waals surface area (Å²) in [5.74, 6) is -0.766. The zero-order valence-corrected chi connectivity index (χ0v) is 33.8. The first-order chi connectivity index (χ1) is 24.4. The lowest BCUT2D eigenvalue weighted by molar-refractivity contribution is -0.115. The topological polar surface area (TPSA) is 182 Å². The van der Waals surface area contributed by atoms with E-state index in [2.05, 4.69) is 101 Å². The zero-order valence-electron chi connectivity index (χ0n) is 25.9. The average molecular weight is 1020 g/mol. The van der Waals surface area contributed by atoms with Crippen molar-refractivity contribution in [1.29, 1.82) is 0 Å². The molecule has 0 unspecified atom stereocenters. The predicted molar refractivity (Wildman–Crippen MR) is 207 cm³/mol. The van der Waals surface area contributed by atoms with E-state index in [1.54, 1.807) is 54.6 Å². The van der Waals surface area contributed by atoms with Crippen LogP contribution in [0.4, 0.5) is 0 Å². The van der Waals surface area contributed by atoms with Gasteiger partial charge in [0.1, 0.15) is 17.2 Å². The molecule has 8 rings (SSSR count). The first kappa shape index (κ1) is 38.3. The third kappa shape index (κ3) is 9.51. The molecule has 0 radical (unpaired) electrons. The molecule has 4 aliphatic heterocycles. The number of ether oxygens (including phenoxy) is 2. The number of halogens is 5. The summed E-state index contributed by atoms with van der Waals surface area (Å²) in [4.78, 5) is 25.9. The summed E-state index contributed by atoms with van der Waals surface area (Å²) in [6.45, 7) is 0.207. The van der Waals surface area contributed by atoms with Gasteiger partial charge in [0.15, 0.2) is 28.7 Å². The molecular formula is C34H25Br5N4O8. The Kier molecular flexibility index (Phi) is 12.8. The van der Waals surface area contributed by atoms with Crippen LogP contribution in [0.5, 0.6) is 34.5 Å². The quantitative estimate of drug-likeness (QED) is 0.0747. The third-order valence-electron chi connectivity index (χ3n) is 7.32. The molecule has 4 aromatic carbocycles. The Morgan fingerprint density at radius 1 is 0.627 bits per heavy atom. The molecule has 12 nitrogen and oxygen atoms in total. The maximum atomic E-state index is 13.0. The van der Waals surface area contributed by atoms with E-state index in [9.17, 15) is 30.2 Å². The van der Waals surface area contributed by atoms with Crippen LogP contribution in [0.25, 0.3) is 6.08 Å². The minimum Gasteiger partial charge on any atom is -0.503 e. The Balaban J connectivity index is 1.50. The first-order valence-corrected chi connectivity index (χ1v) is 18.7. The third-order valence-corrected chi connectivity index (χ3v) is 10.3. The number of hydrogen-bond acceptors (Lipinski definition) is 10. The van der Waals surface area contributed by atoms with Crippen LogP contribution in [0.1, 0.15) is 22.3 Å². The second-order valence-electron chi connectivity index (χ2n) is 10.9. The van der Waals surface area contributed by atoms with Gasteiger partial charge in [0, 0.05) is 25.6 Å². The normalized spacial score (nSPS) is 15.9. The van der Waals surface area contributed by atoms with E-state index in [4.69, 9.17) is 9.47 Å². The van der Waals surface area contributed by atoms with Gasteiger partial charge in [-0.15, -0.1) is 0 Å². The zero-order chi connectivity index (χ0) is 36.8. The molecule has 0 aliphatic carbocycles. The molecule has 0 aromatic heterocycles. The number of benzene rings is 4. The molecular weight excluding hydrogens is 992 g/mol. The van der Waals surface area contributed by atoms with Crippen LogP contribution in [-0.2, 0) is 28.9 Å². The lowest BCUT2D eigenvalue weighted by atomic mass is 10.1. The summed E-state index contributed by atoms with van der Waals surface area (Å²) in [6.07, 6.45) is 3.21. The van der Waals surface area contributed by atoms with Gasteiger partial charge in [-0.25, -0.2) is 0 Å². The van der Waals surface area contributed by atoms with E-state index in [0.29, 0.717) is 52.5 Å². The lowest BCUT2D eigenvalue weighted by Crippen LogP contribution is -2.33. The summed E-state index contributed by atoms with van der Waals surface area (Å²) in [7, 11) is 0. The molecule has 0 spiro atoms. The number of aromatic hydroxyl groups is 2. The number of carbonyl (C=O) groups is 2. The number of nitrogens with zero attached hydrogens (tertiary/aromatic N) is 2. The number of carbonyl (C=O) groups excluding carboxylic acids is 2. The molecule has 51 heavy (non-hydrogen) atoms. The van der Waals surface area contributed by atoms with E-state index in [1.807, 2.05) is 0 Å². The molecule has 0 atom stereocenters. The van der Waals surface area contributed by atoms with E-state index < -0.39 is 11.8 Å². The molecule has 4 aromatic rings. The molecule has 0 saturated heterocycles. The van der Waals surface area contributed by atoms with Crippen LogP contribution in [0.3, 0.4) is 0 Å². The fraction of sp³-hybridized carbons (Fsp3) is 0.118. The number of oxime groups is 2. The Hall–Kier alpha value is -3.90. The number of phenols is 2. The molecule has 264 valence electrons. The van der Waals surface area contributed by atoms with E-state index in [1.165, 1.54) is 12.3 Å². The number of amides is 2. The second-order valence-corrected chi connectivity index (χ2v) is 15.2. The van der Waals surface area contributed by atoms with Crippen LogP contribution in [0.15, 0.2) is 93.5 Å². The molecule has 6 N–H and O–H groups in total. The number of hydrogen-bond donors (Lipinski definition) is 6. The van der Waals surface area contributed by atoms with Gasteiger partial charge in [-0.3, -0.25) is 9.59 Å². The molecule has 4 heterocycles. The van der Waals surface area contributed by atoms with Crippen LogP contribution < -0.4 is 20.1 Å². The fourth-order valence-electron chi connectivity index (χ4n) is 4.82. The molecule has 2 amide bonds. The molecule has 0 saturated carbocycles. The van der Waals surface area contributed by atoms with Gasteiger partial charge in [-0.05, 0) is 163 Å². The highest BCUT2D eigenvalue weighted by Crippen LogP contribution is 2.44. The maximum Gasteiger partial charge on any atom is 0.273 e. The Morgan fingerprint density at radius 3 is 1.88 bits per heavy atom. The van der Waals surface area contributed by atoms with Crippen LogP contribution >= 0.6 is 79.6 Å². The molecule has 0 fully saturated rings. The molecule has 17 heteroatoms. The maximum absolute atomic E-state index is 13.0. The predicted octanol–water partition coefficient (Wildman–Crippen LogP) is 8.70. The van der Waals surface area contributed by atoms with Crippen molar-refractivity contribution < 1.29 is 39.7 Å². The van der Waals surface area contributed by atoms with Crippen molar-refractivity contribution in [3.8, 4) is 34.5 Å². The summed E-state index contributed by atoms with van der Waals surface area (Å²) >= 11 is 17.1. The van der Waals surface area contributed by atoms with E-state index in [0.717, 1.165) is 5.56 Å². The van der Waals surface area contributed by atoms with E-state index >= 15 is 0 Å². The Bertz CT molecular complexity index is 2100. The van der Waals surface area contributed by atoms with Crippen LogP contribution in [0.2, 0.25) is 0 Å². The summed E-state index contributed by atoms with van der Waals surface area (Å²) in [5, 5.41) is 52.5. The van der Waals surface area contributed by atoms with Crippen molar-refractivity contribution in [3.63, 3.8) is 0 Å². The molecule has 4 aliphatic rings. The first-order valence-electron chi connectivity index (χ1n) is 14.7. The van der Waals surface area contributed by atoms with Gasteiger partial charge >= 0.3 is 0 Å². The SMILES string of the molecule is O=C1NC=Cc2cc(Br)c(O)c(c2)Oc2c(Br)cc(cc2Br)CCNC(=O)C(=NO)Cc2cc(Br)c(O)c(c2)Oc2ccc(cc2Br)CC1=NO. The fourth-order valence-corrected chi connectivity index (χ4v) is 7.72. The van der Waals surface area contributed by atoms with Gasteiger partial charge < -0.3 is 40.7 Å². The smallest absolute Gasteiger partial charge is 0.273 e. The summed E-state index contributed by atoms with van der Waals surface area (Å²) < 4.78 is 14.3. The van der Waals surface area contributed by atoms with Gasteiger partial charge in [0.2, 0.25) is 0 Å². The van der Waals surface area contributed by atoms with Crippen LogP contribution in [-0.4, -0.2) is 50.4 Å². The highest BCUT2D eigenvalue weighted by molar-refractivity contribution is 9.11. The van der Waals surface area contributed by atoms with Crippen molar-refractivity contribution >= 4 is 109 Å². The highest BCUT2D eigenvalue weighted by Gasteiger charge is 2.20.